The van der Waals surface area contributed by atoms with Gasteiger partial charge in [-0.25, -0.2) is 4.98 Å². The molecule has 4 rings (SSSR count). The number of hydrogen-bond donors (Lipinski definition) is 1. The monoisotopic (exact) mass is 273 g/mol. The van der Waals surface area contributed by atoms with E-state index < -0.39 is 0 Å². The largest absolute Gasteiger partial charge is 0.317 e. The minimum Gasteiger partial charge on any atom is -0.317 e. The zero-order valence-electron chi connectivity index (χ0n) is 10.3. The molecular formula is C14H12ClN3O. The number of hydrogen-bond acceptors (Lipinski definition) is 2. The van der Waals surface area contributed by atoms with Crippen LogP contribution in [0.4, 0.5) is 0 Å². The van der Waals surface area contributed by atoms with Crippen LogP contribution in [0.15, 0.2) is 35.4 Å². The summed E-state index contributed by atoms with van der Waals surface area (Å²) in [5, 5.41) is 0. The van der Waals surface area contributed by atoms with Gasteiger partial charge in [-0.2, -0.15) is 0 Å². The predicted octanol–water partition coefficient (Wildman–Crippen LogP) is 2.32. The summed E-state index contributed by atoms with van der Waals surface area (Å²) in [6.45, 7) is 2.11. The molecule has 19 heavy (non-hydrogen) atoms. The van der Waals surface area contributed by atoms with Crippen LogP contribution in [0.2, 0.25) is 0 Å². The molecule has 1 N–H and O–H groups in total. The summed E-state index contributed by atoms with van der Waals surface area (Å²) >= 11 is 0. The Morgan fingerprint density at radius 3 is 3.05 bits per heavy atom. The van der Waals surface area contributed by atoms with Crippen molar-refractivity contribution in [3.63, 3.8) is 0 Å². The third-order valence-electron chi connectivity index (χ3n) is 3.69. The maximum absolute atomic E-state index is 12.0. The van der Waals surface area contributed by atoms with E-state index >= 15 is 0 Å². The van der Waals surface area contributed by atoms with Gasteiger partial charge in [0.1, 0.15) is 0 Å². The van der Waals surface area contributed by atoms with Gasteiger partial charge in [0.2, 0.25) is 5.65 Å². The van der Waals surface area contributed by atoms with Gasteiger partial charge in [0.25, 0.3) is 5.56 Å². The van der Waals surface area contributed by atoms with E-state index in [1.165, 1.54) is 11.1 Å². The standard InChI is InChI=1S/C14H11N3O.ClH/c1-8-3-2-4-9-10(8)7-11-12(9)16-14(18)13-15-5-6-17(11)13;/h2-6H,7H2,1H3,(H,16,18);1H. The van der Waals surface area contributed by atoms with E-state index in [-0.39, 0.29) is 18.0 Å². The first-order valence-electron chi connectivity index (χ1n) is 5.93. The highest BCUT2D eigenvalue weighted by atomic mass is 35.5. The van der Waals surface area contributed by atoms with Gasteiger partial charge in [0.05, 0.1) is 11.4 Å². The Morgan fingerprint density at radius 1 is 1.37 bits per heavy atom. The maximum Gasteiger partial charge on any atom is 0.292 e. The van der Waals surface area contributed by atoms with Gasteiger partial charge in [-0.3, -0.25) is 9.20 Å². The smallest absolute Gasteiger partial charge is 0.292 e. The Morgan fingerprint density at radius 2 is 2.21 bits per heavy atom. The van der Waals surface area contributed by atoms with Crippen molar-refractivity contribution in [2.75, 3.05) is 0 Å². The molecule has 0 fully saturated rings. The number of rotatable bonds is 0. The fourth-order valence-electron chi connectivity index (χ4n) is 2.79. The van der Waals surface area contributed by atoms with Crippen molar-refractivity contribution in [2.24, 2.45) is 0 Å². The molecule has 1 aliphatic carbocycles. The molecule has 5 heteroatoms. The normalized spacial score (nSPS) is 12.1. The molecule has 0 bridgehead atoms. The molecule has 0 unspecified atom stereocenters. The molecule has 4 nitrogen and oxygen atoms in total. The van der Waals surface area contributed by atoms with Crippen LogP contribution in [0.3, 0.4) is 0 Å². The molecule has 3 aromatic rings. The topological polar surface area (TPSA) is 50.2 Å². The lowest BCUT2D eigenvalue weighted by Crippen LogP contribution is -2.13. The minimum atomic E-state index is -0.131. The number of fused-ring (bicyclic) bond motifs is 5. The minimum absolute atomic E-state index is 0. The summed E-state index contributed by atoms with van der Waals surface area (Å²) in [6, 6.07) is 6.19. The number of halogens is 1. The van der Waals surface area contributed by atoms with E-state index in [9.17, 15) is 4.79 Å². The lowest BCUT2D eigenvalue weighted by molar-refractivity contribution is 0.998. The summed E-state index contributed by atoms with van der Waals surface area (Å²) in [5.74, 6) is 0. The number of imidazole rings is 1. The molecule has 2 heterocycles. The third-order valence-corrected chi connectivity index (χ3v) is 3.69. The Labute approximate surface area is 115 Å². The zero-order chi connectivity index (χ0) is 12.3. The molecule has 0 aliphatic heterocycles. The first-order chi connectivity index (χ1) is 8.75. The summed E-state index contributed by atoms with van der Waals surface area (Å²) < 4.78 is 1.90. The van der Waals surface area contributed by atoms with Crippen LogP contribution in [0.5, 0.6) is 0 Å². The van der Waals surface area contributed by atoms with Crippen molar-refractivity contribution < 1.29 is 0 Å². The van der Waals surface area contributed by atoms with E-state index in [0.717, 1.165) is 23.4 Å². The fraction of sp³-hybridized carbons (Fsp3) is 0.143. The molecule has 0 saturated carbocycles. The Balaban J connectivity index is 0.00000110. The summed E-state index contributed by atoms with van der Waals surface area (Å²) in [5.41, 5.74) is 6.09. The number of benzene rings is 1. The molecule has 1 aromatic carbocycles. The van der Waals surface area contributed by atoms with Crippen LogP contribution in [0.1, 0.15) is 16.8 Å². The van der Waals surface area contributed by atoms with Crippen LogP contribution in [-0.2, 0) is 6.42 Å². The lowest BCUT2D eigenvalue weighted by atomic mass is 10.0. The van der Waals surface area contributed by atoms with E-state index in [2.05, 4.69) is 29.0 Å². The van der Waals surface area contributed by atoms with Gasteiger partial charge in [-0.15, -0.1) is 12.4 Å². The van der Waals surface area contributed by atoms with Crippen LogP contribution in [0.25, 0.3) is 16.9 Å². The van der Waals surface area contributed by atoms with Gasteiger partial charge in [0, 0.05) is 24.4 Å². The molecule has 0 saturated heterocycles. The average Bonchev–Trinajstić information content (AvgIpc) is 2.94. The molecule has 0 radical (unpaired) electrons. The van der Waals surface area contributed by atoms with Crippen molar-refractivity contribution in [1.29, 1.82) is 0 Å². The average molecular weight is 274 g/mol. The Kier molecular flexibility index (Phi) is 2.50. The van der Waals surface area contributed by atoms with Gasteiger partial charge in [-0.05, 0) is 18.1 Å². The second-order valence-corrected chi connectivity index (χ2v) is 4.67. The Hall–Kier alpha value is -2.07. The first-order valence-corrected chi connectivity index (χ1v) is 5.93. The number of nitrogens with one attached hydrogen (secondary N) is 1. The van der Waals surface area contributed by atoms with Gasteiger partial charge < -0.3 is 4.98 Å². The summed E-state index contributed by atoms with van der Waals surface area (Å²) in [6.07, 6.45) is 4.37. The summed E-state index contributed by atoms with van der Waals surface area (Å²) in [7, 11) is 0. The molecule has 0 amide bonds. The number of H-pyrrole nitrogens is 1. The van der Waals surface area contributed by atoms with Crippen LogP contribution < -0.4 is 5.56 Å². The molecular weight excluding hydrogens is 262 g/mol. The zero-order valence-corrected chi connectivity index (χ0v) is 11.1. The lowest BCUT2D eigenvalue weighted by Gasteiger charge is -2.03. The van der Waals surface area contributed by atoms with Gasteiger partial charge in [0.15, 0.2) is 0 Å². The first kappa shape index (κ1) is 12.0. The number of aromatic amines is 1. The van der Waals surface area contributed by atoms with E-state index in [0.29, 0.717) is 5.65 Å². The number of aryl methyl sites for hydroxylation is 1. The van der Waals surface area contributed by atoms with Crippen molar-refractivity contribution in [3.8, 4) is 11.3 Å². The van der Waals surface area contributed by atoms with Crippen LogP contribution in [0, 0.1) is 6.92 Å². The second kappa shape index (κ2) is 3.96. The van der Waals surface area contributed by atoms with Gasteiger partial charge in [-0.1, -0.05) is 18.2 Å². The highest BCUT2D eigenvalue weighted by Gasteiger charge is 2.23. The maximum atomic E-state index is 12.0. The van der Waals surface area contributed by atoms with Crippen molar-refractivity contribution in [1.82, 2.24) is 14.4 Å². The van der Waals surface area contributed by atoms with Crippen molar-refractivity contribution in [2.45, 2.75) is 13.3 Å². The second-order valence-electron chi connectivity index (χ2n) is 4.67. The molecule has 1 aliphatic rings. The quantitative estimate of drug-likeness (QED) is 0.535. The molecule has 0 atom stereocenters. The molecule has 0 spiro atoms. The number of aromatic nitrogens is 3. The SMILES string of the molecule is Cc1cccc2c1Cc1c-2[nH]c(=O)c2nccn12.Cl. The van der Waals surface area contributed by atoms with Crippen LogP contribution >= 0.6 is 12.4 Å². The van der Waals surface area contributed by atoms with E-state index in [1.54, 1.807) is 6.20 Å². The Bertz CT molecular complexity index is 848. The molecule has 2 aromatic heterocycles. The predicted molar refractivity (Wildman–Crippen MR) is 76.0 cm³/mol. The third kappa shape index (κ3) is 1.47. The summed E-state index contributed by atoms with van der Waals surface area (Å²) in [4.78, 5) is 19.0. The van der Waals surface area contributed by atoms with E-state index in [1.807, 2.05) is 16.7 Å². The molecule has 96 valence electrons. The highest BCUT2D eigenvalue weighted by molar-refractivity contribution is 5.85. The van der Waals surface area contributed by atoms with Crippen LogP contribution in [-0.4, -0.2) is 14.4 Å². The highest BCUT2D eigenvalue weighted by Crippen LogP contribution is 2.35. The fourth-order valence-corrected chi connectivity index (χ4v) is 2.79. The number of nitrogens with zero attached hydrogens (tertiary/aromatic N) is 2. The van der Waals surface area contributed by atoms with Crippen molar-refractivity contribution in [3.05, 3.63) is 57.8 Å². The van der Waals surface area contributed by atoms with Gasteiger partial charge >= 0.3 is 0 Å². The van der Waals surface area contributed by atoms with E-state index in [4.69, 9.17) is 0 Å². The van der Waals surface area contributed by atoms with Crippen molar-refractivity contribution >= 4 is 18.1 Å².